The Balaban J connectivity index is 0.00000161. The summed E-state index contributed by atoms with van der Waals surface area (Å²) in [6, 6.07) is 5.71. The summed E-state index contributed by atoms with van der Waals surface area (Å²) < 4.78 is 1.71. The van der Waals surface area contributed by atoms with E-state index in [1.54, 1.807) is 10.7 Å². The lowest BCUT2D eigenvalue weighted by molar-refractivity contribution is 0.0949. The Bertz CT molecular complexity index is 594. The maximum Gasteiger partial charge on any atom is 0.255 e. The molecule has 0 unspecified atom stereocenters. The van der Waals surface area contributed by atoms with Gasteiger partial charge >= 0.3 is 0 Å². The first-order chi connectivity index (χ1) is 9.84. The molecule has 6 nitrogen and oxygen atoms in total. The van der Waals surface area contributed by atoms with Gasteiger partial charge in [0.2, 0.25) is 0 Å². The second kappa shape index (κ2) is 7.40. The van der Waals surface area contributed by atoms with E-state index in [0.717, 1.165) is 38.2 Å². The highest BCUT2D eigenvalue weighted by atomic mass is 35.5. The molecule has 1 amide bonds. The van der Waals surface area contributed by atoms with Crippen molar-refractivity contribution in [1.29, 1.82) is 0 Å². The number of hydrogen-bond donors (Lipinski definition) is 2. The molecule has 0 atom stereocenters. The van der Waals surface area contributed by atoms with Gasteiger partial charge in [-0.15, -0.1) is 12.4 Å². The standard InChI is InChI=1S/C14H19N5O.ClH/c20-14(16-6-10-18-8-4-15-5-9-18)12-11-17-19-7-2-1-3-13(12)19;/h1-3,7,11,15H,4-6,8-10H2,(H,16,20);1H. The molecule has 2 aromatic heterocycles. The van der Waals surface area contributed by atoms with Gasteiger partial charge in [-0.05, 0) is 12.1 Å². The van der Waals surface area contributed by atoms with Gasteiger partial charge in [0.15, 0.2) is 0 Å². The molecule has 2 N–H and O–H groups in total. The Kier molecular flexibility index (Phi) is 5.55. The average Bonchev–Trinajstić information content (AvgIpc) is 2.92. The number of piperazine rings is 1. The molecule has 1 aliphatic rings. The predicted molar refractivity (Wildman–Crippen MR) is 84.1 cm³/mol. The van der Waals surface area contributed by atoms with Gasteiger partial charge in [-0.2, -0.15) is 5.10 Å². The minimum atomic E-state index is -0.0543. The minimum Gasteiger partial charge on any atom is -0.351 e. The molecule has 1 saturated heterocycles. The number of carbonyl (C=O) groups excluding carboxylic acids is 1. The minimum absolute atomic E-state index is 0. The second-order valence-electron chi connectivity index (χ2n) is 4.94. The van der Waals surface area contributed by atoms with Crippen molar-refractivity contribution < 1.29 is 4.79 Å². The molecule has 0 radical (unpaired) electrons. The lowest BCUT2D eigenvalue weighted by Gasteiger charge is -2.27. The molecule has 2 aromatic rings. The molecule has 114 valence electrons. The van der Waals surface area contributed by atoms with E-state index >= 15 is 0 Å². The lowest BCUT2D eigenvalue weighted by atomic mass is 10.2. The predicted octanol–water partition coefficient (Wildman–Crippen LogP) is 0.391. The van der Waals surface area contributed by atoms with Crippen molar-refractivity contribution in [3.63, 3.8) is 0 Å². The fourth-order valence-electron chi connectivity index (χ4n) is 2.47. The SMILES string of the molecule is Cl.O=C(NCCN1CCNCC1)c1cnn2ccccc12. The third-order valence-electron chi connectivity index (χ3n) is 3.59. The van der Waals surface area contributed by atoms with Crippen molar-refractivity contribution in [3.05, 3.63) is 36.2 Å². The highest BCUT2D eigenvalue weighted by Crippen LogP contribution is 2.09. The van der Waals surface area contributed by atoms with Gasteiger partial charge in [-0.1, -0.05) is 6.07 Å². The smallest absolute Gasteiger partial charge is 0.255 e. The van der Waals surface area contributed by atoms with Gasteiger partial charge in [0.1, 0.15) is 0 Å². The van der Waals surface area contributed by atoms with E-state index in [4.69, 9.17) is 0 Å². The van der Waals surface area contributed by atoms with Crippen LogP contribution < -0.4 is 10.6 Å². The van der Waals surface area contributed by atoms with E-state index in [2.05, 4.69) is 20.6 Å². The van der Waals surface area contributed by atoms with Crippen molar-refractivity contribution in [3.8, 4) is 0 Å². The van der Waals surface area contributed by atoms with Crippen LogP contribution >= 0.6 is 12.4 Å². The number of halogens is 1. The fraction of sp³-hybridized carbons (Fsp3) is 0.429. The van der Waals surface area contributed by atoms with Gasteiger partial charge in [0.05, 0.1) is 17.3 Å². The van der Waals surface area contributed by atoms with Crippen molar-refractivity contribution in [2.45, 2.75) is 0 Å². The van der Waals surface area contributed by atoms with Gasteiger partial charge < -0.3 is 10.6 Å². The third-order valence-corrected chi connectivity index (χ3v) is 3.59. The zero-order valence-electron chi connectivity index (χ0n) is 11.8. The first-order valence-corrected chi connectivity index (χ1v) is 6.98. The first kappa shape index (κ1) is 15.8. The van der Waals surface area contributed by atoms with E-state index in [9.17, 15) is 4.79 Å². The summed E-state index contributed by atoms with van der Waals surface area (Å²) in [6.07, 6.45) is 3.46. The zero-order valence-corrected chi connectivity index (χ0v) is 12.6. The lowest BCUT2D eigenvalue weighted by Crippen LogP contribution is -2.46. The molecule has 0 bridgehead atoms. The Hall–Kier alpha value is -1.63. The molecule has 7 heteroatoms. The maximum atomic E-state index is 12.2. The van der Waals surface area contributed by atoms with Gasteiger partial charge in [-0.3, -0.25) is 9.69 Å². The van der Waals surface area contributed by atoms with Crippen LogP contribution in [0.15, 0.2) is 30.6 Å². The summed E-state index contributed by atoms with van der Waals surface area (Å²) in [7, 11) is 0. The van der Waals surface area contributed by atoms with Crippen molar-refractivity contribution >= 4 is 23.8 Å². The van der Waals surface area contributed by atoms with Crippen LogP contribution in [0.1, 0.15) is 10.4 Å². The van der Waals surface area contributed by atoms with Crippen LogP contribution in [0, 0.1) is 0 Å². The molecule has 3 rings (SSSR count). The quantitative estimate of drug-likeness (QED) is 0.858. The summed E-state index contributed by atoms with van der Waals surface area (Å²) >= 11 is 0. The number of fused-ring (bicyclic) bond motifs is 1. The highest BCUT2D eigenvalue weighted by Gasteiger charge is 2.13. The van der Waals surface area contributed by atoms with Crippen molar-refractivity contribution in [1.82, 2.24) is 25.1 Å². The van der Waals surface area contributed by atoms with Crippen LogP contribution in [0.2, 0.25) is 0 Å². The molecule has 0 aliphatic carbocycles. The van der Waals surface area contributed by atoms with Gasteiger partial charge in [0, 0.05) is 45.5 Å². The maximum absolute atomic E-state index is 12.2. The average molecular weight is 310 g/mol. The van der Waals surface area contributed by atoms with Crippen LogP contribution in [0.5, 0.6) is 0 Å². The van der Waals surface area contributed by atoms with E-state index in [1.165, 1.54) is 0 Å². The zero-order chi connectivity index (χ0) is 13.8. The third kappa shape index (κ3) is 3.72. The molecule has 1 aliphatic heterocycles. The number of nitrogens with zero attached hydrogens (tertiary/aromatic N) is 3. The van der Waals surface area contributed by atoms with Gasteiger partial charge in [-0.25, -0.2) is 4.52 Å². The molecule has 0 saturated carbocycles. The summed E-state index contributed by atoms with van der Waals surface area (Å²) in [6.45, 7) is 5.72. The summed E-state index contributed by atoms with van der Waals surface area (Å²) in [5, 5.41) is 10.5. The monoisotopic (exact) mass is 309 g/mol. The van der Waals surface area contributed by atoms with E-state index in [0.29, 0.717) is 12.1 Å². The van der Waals surface area contributed by atoms with E-state index < -0.39 is 0 Å². The molecule has 1 fully saturated rings. The fourth-order valence-corrected chi connectivity index (χ4v) is 2.47. The molecular weight excluding hydrogens is 290 g/mol. The molecule has 21 heavy (non-hydrogen) atoms. The van der Waals surface area contributed by atoms with Crippen LogP contribution in [0.4, 0.5) is 0 Å². The summed E-state index contributed by atoms with van der Waals surface area (Å²) in [5.41, 5.74) is 1.47. The number of hydrogen-bond acceptors (Lipinski definition) is 4. The Morgan fingerprint density at radius 3 is 2.95 bits per heavy atom. The normalized spacial score (nSPS) is 15.6. The molecule has 0 spiro atoms. The number of aromatic nitrogens is 2. The Morgan fingerprint density at radius 1 is 1.33 bits per heavy atom. The van der Waals surface area contributed by atoms with Crippen LogP contribution in [-0.2, 0) is 0 Å². The summed E-state index contributed by atoms with van der Waals surface area (Å²) in [5.74, 6) is -0.0543. The van der Waals surface area contributed by atoms with Crippen LogP contribution in [0.25, 0.3) is 5.52 Å². The van der Waals surface area contributed by atoms with Gasteiger partial charge in [0.25, 0.3) is 5.91 Å². The highest BCUT2D eigenvalue weighted by molar-refractivity contribution is 6.00. The number of nitrogens with one attached hydrogen (secondary N) is 2. The first-order valence-electron chi connectivity index (χ1n) is 6.98. The second-order valence-corrected chi connectivity index (χ2v) is 4.94. The van der Waals surface area contributed by atoms with Crippen LogP contribution in [-0.4, -0.2) is 59.7 Å². The Morgan fingerprint density at radius 2 is 2.14 bits per heavy atom. The van der Waals surface area contributed by atoms with Crippen LogP contribution in [0.3, 0.4) is 0 Å². The summed E-state index contributed by atoms with van der Waals surface area (Å²) in [4.78, 5) is 14.5. The Labute approximate surface area is 129 Å². The van der Waals surface area contributed by atoms with E-state index in [1.807, 2.05) is 24.4 Å². The number of pyridine rings is 1. The van der Waals surface area contributed by atoms with Crippen molar-refractivity contribution in [2.24, 2.45) is 0 Å². The van der Waals surface area contributed by atoms with E-state index in [-0.39, 0.29) is 18.3 Å². The number of carbonyl (C=O) groups is 1. The topological polar surface area (TPSA) is 61.7 Å². The largest absolute Gasteiger partial charge is 0.351 e. The molecule has 0 aromatic carbocycles. The number of rotatable bonds is 4. The molecule has 3 heterocycles. The van der Waals surface area contributed by atoms with Crippen molar-refractivity contribution in [2.75, 3.05) is 39.3 Å². The molecular formula is C14H20ClN5O. The number of amides is 1.